The molecule has 3 rings (SSSR count). The van der Waals surface area contributed by atoms with E-state index >= 15 is 0 Å². The number of hydrogen-bond donors (Lipinski definition) is 2. The molecule has 2 saturated carbocycles. The number of aromatic carboxylic acids is 1. The Labute approximate surface area is 118 Å². The number of carboxylic acids is 1. The van der Waals surface area contributed by atoms with Crippen LogP contribution in [0.4, 0.5) is 5.69 Å². The lowest BCUT2D eigenvalue weighted by molar-refractivity contribution is 0.0697. The zero-order chi connectivity index (χ0) is 13.4. The van der Waals surface area contributed by atoms with Crippen molar-refractivity contribution in [2.75, 3.05) is 11.9 Å². The van der Waals surface area contributed by atoms with Crippen LogP contribution in [0, 0.1) is 17.8 Å². The molecule has 3 nitrogen and oxygen atoms in total. The topological polar surface area (TPSA) is 49.3 Å². The SMILES string of the molecule is O=C(O)c1ccc(NCC(C2CC2)C2CC2)cc1Cl. The fraction of sp³-hybridized carbons (Fsp3) is 0.533. The van der Waals surface area contributed by atoms with Gasteiger partial charge in [-0.3, -0.25) is 0 Å². The monoisotopic (exact) mass is 279 g/mol. The Hall–Kier alpha value is -1.22. The summed E-state index contributed by atoms with van der Waals surface area (Å²) in [7, 11) is 0. The van der Waals surface area contributed by atoms with Gasteiger partial charge < -0.3 is 10.4 Å². The maximum atomic E-state index is 10.9. The first-order valence-corrected chi connectivity index (χ1v) is 7.29. The van der Waals surface area contributed by atoms with Crippen molar-refractivity contribution < 1.29 is 9.90 Å². The summed E-state index contributed by atoms with van der Waals surface area (Å²) in [4.78, 5) is 10.9. The Morgan fingerprint density at radius 2 is 1.95 bits per heavy atom. The highest BCUT2D eigenvalue weighted by Crippen LogP contribution is 2.49. The van der Waals surface area contributed by atoms with Gasteiger partial charge in [0.1, 0.15) is 0 Å². The molecule has 1 aromatic rings. The van der Waals surface area contributed by atoms with Gasteiger partial charge in [-0.15, -0.1) is 0 Å². The summed E-state index contributed by atoms with van der Waals surface area (Å²) in [6, 6.07) is 5.07. The molecule has 0 spiro atoms. The zero-order valence-electron chi connectivity index (χ0n) is 10.7. The van der Waals surface area contributed by atoms with Crippen molar-refractivity contribution in [3.8, 4) is 0 Å². The van der Waals surface area contributed by atoms with Crippen LogP contribution in [0.2, 0.25) is 5.02 Å². The third-order valence-corrected chi connectivity index (χ3v) is 4.51. The second-order valence-corrected chi connectivity index (χ2v) is 6.13. The molecule has 0 heterocycles. The van der Waals surface area contributed by atoms with E-state index in [0.29, 0.717) is 5.02 Å². The van der Waals surface area contributed by atoms with Crippen LogP contribution in [0.5, 0.6) is 0 Å². The molecule has 0 unspecified atom stereocenters. The van der Waals surface area contributed by atoms with Crippen LogP contribution in [0.15, 0.2) is 18.2 Å². The number of nitrogens with one attached hydrogen (secondary N) is 1. The van der Waals surface area contributed by atoms with Crippen molar-refractivity contribution in [1.29, 1.82) is 0 Å². The highest BCUT2D eigenvalue weighted by Gasteiger charge is 2.40. The normalized spacial score (nSPS) is 18.6. The van der Waals surface area contributed by atoms with Gasteiger partial charge in [0, 0.05) is 12.2 Å². The minimum Gasteiger partial charge on any atom is -0.478 e. The van der Waals surface area contributed by atoms with Crippen LogP contribution in [-0.2, 0) is 0 Å². The average molecular weight is 280 g/mol. The van der Waals surface area contributed by atoms with E-state index in [-0.39, 0.29) is 5.56 Å². The van der Waals surface area contributed by atoms with Gasteiger partial charge in [0.25, 0.3) is 0 Å². The summed E-state index contributed by atoms with van der Waals surface area (Å²) in [6.07, 6.45) is 5.51. The summed E-state index contributed by atoms with van der Waals surface area (Å²) in [5.74, 6) is 1.63. The molecule has 0 aliphatic heterocycles. The summed E-state index contributed by atoms with van der Waals surface area (Å²) < 4.78 is 0. The predicted octanol–water partition coefficient (Wildman–Crippen LogP) is 3.89. The summed E-state index contributed by atoms with van der Waals surface area (Å²) in [5.41, 5.74) is 1.08. The summed E-state index contributed by atoms with van der Waals surface area (Å²) in [6.45, 7) is 0.984. The van der Waals surface area contributed by atoms with Gasteiger partial charge >= 0.3 is 5.97 Å². The van der Waals surface area contributed by atoms with Gasteiger partial charge in [0.05, 0.1) is 10.6 Å². The second-order valence-electron chi connectivity index (χ2n) is 5.72. The molecule has 0 aromatic heterocycles. The fourth-order valence-electron chi connectivity index (χ4n) is 2.80. The van der Waals surface area contributed by atoms with Gasteiger partial charge in [0.15, 0.2) is 0 Å². The quantitative estimate of drug-likeness (QED) is 0.831. The first kappa shape index (κ1) is 12.8. The van der Waals surface area contributed by atoms with Crippen LogP contribution in [0.3, 0.4) is 0 Å². The Morgan fingerprint density at radius 3 is 2.42 bits per heavy atom. The number of carboxylic acid groups (broad SMARTS) is 1. The largest absolute Gasteiger partial charge is 0.478 e. The maximum absolute atomic E-state index is 10.9. The van der Waals surface area contributed by atoms with Crippen molar-refractivity contribution in [2.45, 2.75) is 25.7 Å². The minimum atomic E-state index is -0.981. The number of halogens is 1. The maximum Gasteiger partial charge on any atom is 0.337 e. The molecule has 4 heteroatoms. The van der Waals surface area contributed by atoms with E-state index in [1.807, 2.05) is 0 Å². The van der Waals surface area contributed by atoms with Crippen molar-refractivity contribution >= 4 is 23.3 Å². The molecule has 2 N–H and O–H groups in total. The van der Waals surface area contributed by atoms with Crippen molar-refractivity contribution in [2.24, 2.45) is 17.8 Å². The van der Waals surface area contributed by atoms with Gasteiger partial charge in [-0.25, -0.2) is 4.79 Å². The lowest BCUT2D eigenvalue weighted by atomic mass is 9.98. The molecule has 2 aliphatic rings. The van der Waals surface area contributed by atoms with Crippen LogP contribution in [-0.4, -0.2) is 17.6 Å². The van der Waals surface area contributed by atoms with E-state index < -0.39 is 5.97 Å². The van der Waals surface area contributed by atoms with Crippen LogP contribution in [0.1, 0.15) is 36.0 Å². The average Bonchev–Trinajstić information content (AvgIpc) is 3.23. The van der Waals surface area contributed by atoms with Crippen molar-refractivity contribution in [1.82, 2.24) is 0 Å². The Bertz CT molecular complexity index is 483. The predicted molar refractivity (Wildman–Crippen MR) is 75.8 cm³/mol. The molecule has 19 heavy (non-hydrogen) atoms. The minimum absolute atomic E-state index is 0.160. The number of hydrogen-bond acceptors (Lipinski definition) is 2. The molecule has 0 atom stereocenters. The molecule has 0 saturated heterocycles. The summed E-state index contributed by atoms with van der Waals surface area (Å²) >= 11 is 5.97. The standard InChI is InChI=1S/C15H18ClNO2/c16-14-7-11(5-6-12(14)15(18)19)17-8-13(9-1-2-9)10-3-4-10/h5-7,9-10,13,17H,1-4,8H2,(H,18,19). The number of benzene rings is 1. The van der Waals surface area contributed by atoms with Gasteiger partial charge in [-0.2, -0.15) is 0 Å². The second kappa shape index (κ2) is 5.04. The molecular weight excluding hydrogens is 262 g/mol. The highest BCUT2D eigenvalue weighted by molar-refractivity contribution is 6.33. The molecule has 1 aromatic carbocycles. The van der Waals surface area contributed by atoms with E-state index in [1.54, 1.807) is 18.2 Å². The molecule has 2 fully saturated rings. The van der Waals surface area contributed by atoms with Crippen LogP contribution >= 0.6 is 11.6 Å². The first-order valence-electron chi connectivity index (χ1n) is 6.92. The van der Waals surface area contributed by atoms with Crippen molar-refractivity contribution in [3.63, 3.8) is 0 Å². The molecular formula is C15H18ClNO2. The van der Waals surface area contributed by atoms with Crippen LogP contribution in [0.25, 0.3) is 0 Å². The number of carbonyl (C=O) groups is 1. The van der Waals surface area contributed by atoms with E-state index in [0.717, 1.165) is 30.0 Å². The van der Waals surface area contributed by atoms with E-state index in [4.69, 9.17) is 16.7 Å². The molecule has 0 amide bonds. The Balaban J connectivity index is 1.63. The molecule has 102 valence electrons. The van der Waals surface area contributed by atoms with E-state index in [2.05, 4.69) is 5.32 Å². The van der Waals surface area contributed by atoms with Gasteiger partial charge in [-0.1, -0.05) is 11.6 Å². The highest BCUT2D eigenvalue weighted by atomic mass is 35.5. The Kier molecular flexibility index (Phi) is 3.40. The smallest absolute Gasteiger partial charge is 0.337 e. The molecule has 0 bridgehead atoms. The summed E-state index contributed by atoms with van der Waals surface area (Å²) in [5, 5.41) is 12.6. The lowest BCUT2D eigenvalue weighted by Crippen LogP contribution is -2.18. The van der Waals surface area contributed by atoms with Crippen molar-refractivity contribution in [3.05, 3.63) is 28.8 Å². The third kappa shape index (κ3) is 3.03. The third-order valence-electron chi connectivity index (χ3n) is 4.20. The van der Waals surface area contributed by atoms with Gasteiger partial charge in [-0.05, 0) is 61.6 Å². The van der Waals surface area contributed by atoms with E-state index in [9.17, 15) is 4.79 Å². The van der Waals surface area contributed by atoms with Gasteiger partial charge in [0.2, 0.25) is 0 Å². The molecule has 2 aliphatic carbocycles. The van der Waals surface area contributed by atoms with Crippen LogP contribution < -0.4 is 5.32 Å². The van der Waals surface area contributed by atoms with E-state index in [1.165, 1.54) is 25.7 Å². The Morgan fingerprint density at radius 1 is 1.32 bits per heavy atom. The number of anilines is 1. The first-order chi connectivity index (χ1) is 9.15. The zero-order valence-corrected chi connectivity index (χ0v) is 11.5. The molecule has 0 radical (unpaired) electrons. The number of rotatable bonds is 6. The fourth-order valence-corrected chi connectivity index (χ4v) is 3.06. The lowest BCUT2D eigenvalue weighted by Gasteiger charge is -2.17.